The molecule has 0 radical (unpaired) electrons. The Hall–Kier alpha value is -0.900. The van der Waals surface area contributed by atoms with Crippen LogP contribution < -0.4 is 5.32 Å². The van der Waals surface area contributed by atoms with Gasteiger partial charge in [0.05, 0.1) is 10.0 Å². The van der Waals surface area contributed by atoms with Crippen LogP contribution in [0.3, 0.4) is 0 Å². The Morgan fingerprint density at radius 2 is 1.89 bits per heavy atom. The van der Waals surface area contributed by atoms with Crippen LogP contribution in [0.4, 0.5) is 4.39 Å². The molecule has 1 saturated carbocycles. The third-order valence-electron chi connectivity index (χ3n) is 4.98. The quantitative estimate of drug-likeness (QED) is 0.893. The molecule has 0 saturated heterocycles. The van der Waals surface area contributed by atoms with Crippen molar-refractivity contribution in [1.29, 1.82) is 0 Å². The molecule has 0 aliphatic heterocycles. The van der Waals surface area contributed by atoms with Crippen molar-refractivity contribution in [1.82, 2.24) is 5.32 Å². The Kier molecular flexibility index (Phi) is 3.50. The monoisotopic (exact) mass is 327 g/mol. The van der Waals surface area contributed by atoms with Crippen LogP contribution in [0.1, 0.15) is 38.1 Å². The van der Waals surface area contributed by atoms with Crippen LogP contribution in [0.2, 0.25) is 0 Å². The molecule has 1 aromatic carbocycles. The van der Waals surface area contributed by atoms with E-state index in [0.29, 0.717) is 18.0 Å². The average molecular weight is 328 g/mol. The molecule has 1 fully saturated rings. The Morgan fingerprint density at radius 3 is 2.42 bits per heavy atom. The molecule has 104 valence electrons. The van der Waals surface area contributed by atoms with Crippen LogP contribution in [0.15, 0.2) is 22.7 Å². The maximum absolute atomic E-state index is 13.4. The minimum atomic E-state index is -0.417. The van der Waals surface area contributed by atoms with Gasteiger partial charge >= 0.3 is 0 Å². The van der Waals surface area contributed by atoms with Gasteiger partial charge < -0.3 is 5.32 Å². The van der Waals surface area contributed by atoms with Crippen molar-refractivity contribution in [2.45, 2.75) is 27.7 Å². The molecule has 1 amide bonds. The molecule has 0 spiro atoms. The summed E-state index contributed by atoms with van der Waals surface area (Å²) in [4.78, 5) is 12.1. The topological polar surface area (TPSA) is 29.1 Å². The third-order valence-corrected chi connectivity index (χ3v) is 5.79. The number of rotatable bonds is 3. The van der Waals surface area contributed by atoms with E-state index in [1.165, 1.54) is 6.07 Å². The van der Waals surface area contributed by atoms with Crippen molar-refractivity contribution >= 4 is 21.8 Å². The summed E-state index contributed by atoms with van der Waals surface area (Å²) in [6.07, 6.45) is 0. The summed E-state index contributed by atoms with van der Waals surface area (Å²) >= 11 is 3.11. The van der Waals surface area contributed by atoms with Crippen molar-refractivity contribution in [3.8, 4) is 0 Å². The lowest BCUT2D eigenvalue weighted by atomic mass is 10.0. The highest BCUT2D eigenvalue weighted by molar-refractivity contribution is 9.10. The van der Waals surface area contributed by atoms with E-state index < -0.39 is 5.82 Å². The first-order chi connectivity index (χ1) is 8.69. The van der Waals surface area contributed by atoms with E-state index in [9.17, 15) is 9.18 Å². The van der Waals surface area contributed by atoms with Gasteiger partial charge in [-0.05, 0) is 44.8 Å². The van der Waals surface area contributed by atoms with E-state index in [-0.39, 0.29) is 21.2 Å². The zero-order valence-electron chi connectivity index (χ0n) is 11.7. The summed E-state index contributed by atoms with van der Waals surface area (Å²) in [7, 11) is 0. The maximum atomic E-state index is 13.4. The summed E-state index contributed by atoms with van der Waals surface area (Å²) < 4.78 is 13.6. The minimum absolute atomic E-state index is 0.224. The van der Waals surface area contributed by atoms with Crippen LogP contribution in [-0.4, -0.2) is 12.5 Å². The number of amides is 1. The van der Waals surface area contributed by atoms with Gasteiger partial charge in [0.1, 0.15) is 5.82 Å². The Bertz CT molecular complexity index is 511. The van der Waals surface area contributed by atoms with E-state index in [2.05, 4.69) is 48.9 Å². The fourth-order valence-electron chi connectivity index (χ4n) is 2.81. The molecule has 2 rings (SSSR count). The molecule has 1 N–H and O–H groups in total. The number of halogens is 2. The lowest BCUT2D eigenvalue weighted by Crippen LogP contribution is -2.27. The van der Waals surface area contributed by atoms with Crippen LogP contribution in [-0.2, 0) is 0 Å². The molecule has 0 heterocycles. The molecule has 0 bridgehead atoms. The van der Waals surface area contributed by atoms with Gasteiger partial charge in [-0.15, -0.1) is 0 Å². The molecule has 1 aliphatic rings. The fraction of sp³-hybridized carbons (Fsp3) is 0.533. The van der Waals surface area contributed by atoms with Gasteiger partial charge in [0.15, 0.2) is 0 Å². The van der Waals surface area contributed by atoms with Crippen LogP contribution >= 0.6 is 15.9 Å². The zero-order chi connectivity index (χ0) is 14.4. The Balaban J connectivity index is 2.02. The molecule has 1 aliphatic carbocycles. The largest absolute Gasteiger partial charge is 0.352 e. The Morgan fingerprint density at radius 1 is 1.32 bits per heavy atom. The molecule has 0 unspecified atom stereocenters. The molecule has 0 atom stereocenters. The second kappa shape index (κ2) is 4.58. The second-order valence-corrected chi connectivity index (χ2v) is 7.10. The number of carbonyl (C=O) groups is 1. The minimum Gasteiger partial charge on any atom is -0.352 e. The lowest BCUT2D eigenvalue weighted by molar-refractivity contribution is 0.0948. The molecule has 2 nitrogen and oxygen atoms in total. The molecular formula is C15H19BrFNO. The maximum Gasteiger partial charge on any atom is 0.252 e. The van der Waals surface area contributed by atoms with Crippen LogP contribution in [0.25, 0.3) is 0 Å². The van der Waals surface area contributed by atoms with E-state index in [0.717, 1.165) is 0 Å². The highest BCUT2D eigenvalue weighted by Crippen LogP contribution is 2.67. The molecular weight excluding hydrogens is 309 g/mol. The first-order valence-corrected chi connectivity index (χ1v) is 7.21. The van der Waals surface area contributed by atoms with Gasteiger partial charge in [-0.1, -0.05) is 33.8 Å². The molecule has 4 heteroatoms. The number of benzene rings is 1. The van der Waals surface area contributed by atoms with Crippen LogP contribution in [0, 0.1) is 22.6 Å². The number of carbonyl (C=O) groups excluding carboxylic acids is 1. The highest BCUT2D eigenvalue weighted by Gasteiger charge is 2.64. The van der Waals surface area contributed by atoms with Crippen molar-refractivity contribution < 1.29 is 9.18 Å². The van der Waals surface area contributed by atoms with Gasteiger partial charge in [0.25, 0.3) is 5.91 Å². The summed E-state index contributed by atoms with van der Waals surface area (Å²) in [6, 6.07) is 4.49. The summed E-state index contributed by atoms with van der Waals surface area (Å²) in [5.41, 5.74) is 0.815. The van der Waals surface area contributed by atoms with Gasteiger partial charge in [-0.3, -0.25) is 4.79 Å². The van der Waals surface area contributed by atoms with Gasteiger partial charge in [-0.25, -0.2) is 4.39 Å². The first kappa shape index (κ1) is 14.5. The van der Waals surface area contributed by atoms with Crippen molar-refractivity contribution in [2.75, 3.05) is 6.54 Å². The number of hydrogen-bond donors (Lipinski definition) is 1. The summed E-state index contributed by atoms with van der Waals surface area (Å²) in [5.74, 6) is -0.194. The van der Waals surface area contributed by atoms with E-state index in [4.69, 9.17) is 0 Å². The van der Waals surface area contributed by atoms with Gasteiger partial charge in [-0.2, -0.15) is 0 Å². The molecule has 19 heavy (non-hydrogen) atoms. The predicted octanol–water partition coefficient (Wildman–Crippen LogP) is 4.00. The standard InChI is InChI=1S/C15H19BrFNO/c1-14(2)11(15(14,3)4)8-18-13(19)9-6-5-7-10(17)12(9)16/h5-7,11H,8H2,1-4H3,(H,18,19). The van der Waals surface area contributed by atoms with E-state index in [1.54, 1.807) is 12.1 Å². The smallest absolute Gasteiger partial charge is 0.252 e. The normalized spacial score (nSPS) is 20.1. The van der Waals surface area contributed by atoms with Crippen molar-refractivity contribution in [2.24, 2.45) is 16.7 Å². The molecule has 0 aromatic heterocycles. The first-order valence-electron chi connectivity index (χ1n) is 6.42. The Labute approximate surface area is 121 Å². The number of hydrogen-bond acceptors (Lipinski definition) is 1. The van der Waals surface area contributed by atoms with Gasteiger partial charge in [0.2, 0.25) is 0 Å². The van der Waals surface area contributed by atoms with E-state index in [1.807, 2.05) is 0 Å². The average Bonchev–Trinajstić information content (AvgIpc) is 2.70. The lowest BCUT2D eigenvalue weighted by Gasteiger charge is -2.08. The predicted molar refractivity (Wildman–Crippen MR) is 77.5 cm³/mol. The summed E-state index contributed by atoms with van der Waals surface area (Å²) in [6.45, 7) is 9.47. The zero-order valence-corrected chi connectivity index (χ0v) is 13.3. The number of nitrogens with one attached hydrogen (secondary N) is 1. The second-order valence-electron chi connectivity index (χ2n) is 6.31. The van der Waals surface area contributed by atoms with Crippen molar-refractivity contribution in [3.05, 3.63) is 34.1 Å². The van der Waals surface area contributed by atoms with Crippen molar-refractivity contribution in [3.63, 3.8) is 0 Å². The van der Waals surface area contributed by atoms with Gasteiger partial charge in [0, 0.05) is 6.54 Å². The summed E-state index contributed by atoms with van der Waals surface area (Å²) in [5, 5.41) is 2.90. The fourth-order valence-corrected chi connectivity index (χ4v) is 3.26. The highest BCUT2D eigenvalue weighted by atomic mass is 79.9. The third kappa shape index (κ3) is 2.31. The molecule has 1 aromatic rings. The van der Waals surface area contributed by atoms with Crippen LogP contribution in [0.5, 0.6) is 0 Å². The SMILES string of the molecule is CC1(C)C(CNC(=O)c2cccc(F)c2Br)C1(C)C. The van der Waals surface area contributed by atoms with E-state index >= 15 is 0 Å².